The molecule has 2 atom stereocenters. The van der Waals surface area contributed by atoms with Crippen molar-refractivity contribution in [1.29, 1.82) is 5.26 Å². The quantitative estimate of drug-likeness (QED) is 0.545. The maximum absolute atomic E-state index is 14.0. The van der Waals surface area contributed by atoms with E-state index < -0.39 is 41.3 Å². The van der Waals surface area contributed by atoms with E-state index in [0.717, 1.165) is 6.07 Å². The van der Waals surface area contributed by atoms with Crippen molar-refractivity contribution in [3.05, 3.63) is 59.7 Å². The molecule has 0 bridgehead atoms. The number of rotatable bonds is 8. The molecule has 0 spiro atoms. The van der Waals surface area contributed by atoms with Crippen molar-refractivity contribution >= 4 is 5.91 Å². The van der Waals surface area contributed by atoms with Crippen LogP contribution in [0, 0.1) is 23.0 Å². The zero-order valence-electron chi connectivity index (χ0n) is 17.3. The van der Waals surface area contributed by atoms with E-state index in [1.807, 2.05) is 6.07 Å². The minimum Gasteiger partial charge on any atom is -0.336 e. The third kappa shape index (κ3) is 5.43. The normalized spacial score (nSPS) is 16.7. The molecule has 1 fully saturated rings. The first-order chi connectivity index (χ1) is 15.1. The number of nitrogens with zero attached hydrogens (tertiary/aromatic N) is 1. The van der Waals surface area contributed by atoms with Gasteiger partial charge in [0.25, 0.3) is 0 Å². The number of halogens is 5. The highest BCUT2D eigenvalue weighted by Crippen LogP contribution is 2.36. The molecule has 32 heavy (non-hydrogen) atoms. The summed E-state index contributed by atoms with van der Waals surface area (Å²) in [5.74, 6) is -2.23. The molecule has 3 rings (SSSR count). The van der Waals surface area contributed by atoms with Crippen LogP contribution in [0.2, 0.25) is 0 Å². The second kappa shape index (κ2) is 9.25. The van der Waals surface area contributed by atoms with E-state index in [9.17, 15) is 26.7 Å². The van der Waals surface area contributed by atoms with Gasteiger partial charge in [-0.1, -0.05) is 37.6 Å². The molecule has 2 aromatic carbocycles. The molecule has 1 aliphatic rings. The van der Waals surface area contributed by atoms with Crippen LogP contribution in [-0.2, 0) is 4.79 Å². The summed E-state index contributed by atoms with van der Waals surface area (Å²) in [7, 11) is 0. The molecule has 0 aromatic heterocycles. The van der Waals surface area contributed by atoms with Gasteiger partial charge in [0.2, 0.25) is 5.91 Å². The summed E-state index contributed by atoms with van der Waals surface area (Å²) in [4.78, 5) is 12.6. The molecule has 4 nitrogen and oxygen atoms in total. The van der Waals surface area contributed by atoms with Crippen molar-refractivity contribution in [3.8, 4) is 17.2 Å². The molecule has 1 amide bonds. The maximum atomic E-state index is 14.0. The van der Waals surface area contributed by atoms with Gasteiger partial charge in [-0.05, 0) is 42.5 Å². The van der Waals surface area contributed by atoms with E-state index in [2.05, 4.69) is 10.6 Å². The Hall–Kier alpha value is -2.99. The number of hydrogen-bond acceptors (Lipinski definition) is 3. The van der Waals surface area contributed by atoms with Gasteiger partial charge in [0.15, 0.2) is 0 Å². The van der Waals surface area contributed by atoms with Crippen LogP contribution in [0.3, 0.4) is 0 Å². The molecular weight excluding hydrogens is 429 g/mol. The topological polar surface area (TPSA) is 64.9 Å². The predicted molar refractivity (Wildman–Crippen MR) is 108 cm³/mol. The Morgan fingerprint density at radius 1 is 1.16 bits per heavy atom. The molecule has 0 saturated heterocycles. The van der Waals surface area contributed by atoms with E-state index in [-0.39, 0.29) is 17.5 Å². The van der Waals surface area contributed by atoms with Gasteiger partial charge in [-0.2, -0.15) is 18.4 Å². The van der Waals surface area contributed by atoms with Crippen LogP contribution in [0.1, 0.15) is 44.2 Å². The highest BCUT2D eigenvalue weighted by Gasteiger charge is 2.47. The Morgan fingerprint density at radius 3 is 2.31 bits per heavy atom. The van der Waals surface area contributed by atoms with Crippen molar-refractivity contribution in [3.63, 3.8) is 0 Å². The van der Waals surface area contributed by atoms with E-state index in [1.54, 1.807) is 6.92 Å². The zero-order chi connectivity index (χ0) is 23.5. The summed E-state index contributed by atoms with van der Waals surface area (Å²) < 4.78 is 68.7. The molecule has 1 saturated carbocycles. The van der Waals surface area contributed by atoms with Crippen molar-refractivity contribution in [2.75, 3.05) is 0 Å². The number of benzene rings is 2. The van der Waals surface area contributed by atoms with Crippen LogP contribution in [-0.4, -0.2) is 23.7 Å². The first-order valence-corrected chi connectivity index (χ1v) is 10.2. The van der Waals surface area contributed by atoms with Crippen molar-refractivity contribution in [1.82, 2.24) is 10.6 Å². The monoisotopic (exact) mass is 451 g/mol. The van der Waals surface area contributed by atoms with Crippen LogP contribution in [0.5, 0.6) is 0 Å². The molecule has 9 heteroatoms. The number of carbonyl (C=O) groups is 1. The van der Waals surface area contributed by atoms with Crippen LogP contribution >= 0.6 is 0 Å². The molecule has 2 N–H and O–H groups in total. The second-order valence-electron chi connectivity index (χ2n) is 7.91. The first-order valence-electron chi connectivity index (χ1n) is 10.2. The average molecular weight is 451 g/mol. The highest BCUT2D eigenvalue weighted by atomic mass is 19.4. The highest BCUT2D eigenvalue weighted by molar-refractivity contribution is 5.83. The van der Waals surface area contributed by atoms with E-state index in [1.165, 1.54) is 30.3 Å². The van der Waals surface area contributed by atoms with Gasteiger partial charge in [0, 0.05) is 11.6 Å². The van der Waals surface area contributed by atoms with Gasteiger partial charge in [0.1, 0.15) is 23.2 Å². The van der Waals surface area contributed by atoms with E-state index >= 15 is 0 Å². The maximum Gasteiger partial charge on any atom is 0.407 e. The number of alkyl halides is 3. The fraction of sp³-hybridized carbons (Fsp3) is 0.391. The Kier molecular flexibility index (Phi) is 6.84. The van der Waals surface area contributed by atoms with E-state index in [0.29, 0.717) is 30.9 Å². The lowest BCUT2D eigenvalue weighted by Gasteiger charge is -2.28. The molecule has 0 unspecified atom stereocenters. The van der Waals surface area contributed by atoms with Gasteiger partial charge < -0.3 is 5.32 Å². The van der Waals surface area contributed by atoms with Gasteiger partial charge in [-0.15, -0.1) is 0 Å². The van der Waals surface area contributed by atoms with Gasteiger partial charge in [-0.25, -0.2) is 8.78 Å². The standard InChI is InChI=1S/C23H22F5N3O/c1-2-3-19(21(32)31-22(13-29)10-11-22)30-20(23(26,27)28)15-6-4-14(5-7-15)17-9-8-16(24)12-18(17)25/h4-9,12,19-20,30H,2-3,10-11H2,1H3,(H,31,32)/t19-,20-/m0/s1. The van der Waals surface area contributed by atoms with Crippen LogP contribution in [0.4, 0.5) is 22.0 Å². The van der Waals surface area contributed by atoms with Gasteiger partial charge >= 0.3 is 6.18 Å². The van der Waals surface area contributed by atoms with Crippen LogP contribution < -0.4 is 10.6 Å². The van der Waals surface area contributed by atoms with Crippen LogP contribution in [0.15, 0.2) is 42.5 Å². The summed E-state index contributed by atoms with van der Waals surface area (Å²) in [6.07, 6.45) is -3.16. The lowest BCUT2D eigenvalue weighted by atomic mass is 9.98. The Bertz CT molecular complexity index is 1010. The van der Waals surface area contributed by atoms with Crippen molar-refractivity contribution in [2.45, 2.75) is 56.4 Å². The first kappa shape index (κ1) is 23.7. The van der Waals surface area contributed by atoms with Gasteiger partial charge in [0.05, 0.1) is 12.1 Å². The summed E-state index contributed by atoms with van der Waals surface area (Å²) in [6.45, 7) is 1.74. The smallest absolute Gasteiger partial charge is 0.336 e. The third-order valence-electron chi connectivity index (χ3n) is 5.40. The number of nitriles is 1. The van der Waals surface area contributed by atoms with E-state index in [4.69, 9.17) is 5.26 Å². The minimum absolute atomic E-state index is 0.0592. The SMILES string of the molecule is CCC[C@H](N[C@@H](c1ccc(-c2ccc(F)cc2F)cc1)C(F)(F)F)C(=O)NC1(C#N)CC1. The molecule has 170 valence electrons. The number of amides is 1. The third-order valence-corrected chi connectivity index (χ3v) is 5.40. The van der Waals surface area contributed by atoms with Crippen LogP contribution in [0.25, 0.3) is 11.1 Å². The van der Waals surface area contributed by atoms with Crippen molar-refractivity contribution < 1.29 is 26.7 Å². The Balaban J connectivity index is 1.84. The molecule has 1 aliphatic carbocycles. The Morgan fingerprint density at radius 2 is 1.81 bits per heavy atom. The minimum atomic E-state index is -4.71. The molecular formula is C23H22F5N3O. The molecule has 0 radical (unpaired) electrons. The molecule has 0 aliphatic heterocycles. The largest absolute Gasteiger partial charge is 0.407 e. The summed E-state index contributed by atoms with van der Waals surface area (Å²) in [5, 5.41) is 14.1. The van der Waals surface area contributed by atoms with Crippen molar-refractivity contribution in [2.24, 2.45) is 0 Å². The number of hydrogen-bond donors (Lipinski definition) is 2. The lowest BCUT2D eigenvalue weighted by molar-refractivity contribution is -0.161. The Labute approximate surface area is 182 Å². The molecule has 2 aromatic rings. The van der Waals surface area contributed by atoms with Gasteiger partial charge in [-0.3, -0.25) is 10.1 Å². The summed E-state index contributed by atoms with van der Waals surface area (Å²) in [6, 6.07) is 6.70. The molecule has 0 heterocycles. The summed E-state index contributed by atoms with van der Waals surface area (Å²) >= 11 is 0. The second-order valence-corrected chi connectivity index (χ2v) is 7.91. The number of nitrogens with one attached hydrogen (secondary N) is 2. The fourth-order valence-corrected chi connectivity index (χ4v) is 3.45. The summed E-state index contributed by atoms with van der Waals surface area (Å²) in [5.41, 5.74) is -0.790. The predicted octanol–water partition coefficient (Wildman–Crippen LogP) is 5.17. The average Bonchev–Trinajstić information content (AvgIpc) is 3.50. The fourth-order valence-electron chi connectivity index (χ4n) is 3.45. The lowest BCUT2D eigenvalue weighted by Crippen LogP contribution is -2.51. The number of carbonyl (C=O) groups excluding carboxylic acids is 1. The zero-order valence-corrected chi connectivity index (χ0v) is 17.3.